The molecule has 30 heavy (non-hydrogen) atoms. The number of hydrogen-bond donors (Lipinski definition) is 2. The smallest absolute Gasteiger partial charge is 0.339 e. The summed E-state index contributed by atoms with van der Waals surface area (Å²) in [6.07, 6.45) is 2.89. The van der Waals surface area contributed by atoms with Crippen molar-refractivity contribution in [3.63, 3.8) is 0 Å². The van der Waals surface area contributed by atoms with E-state index in [1.165, 1.54) is 6.07 Å². The van der Waals surface area contributed by atoms with Gasteiger partial charge in [-0.15, -0.1) is 0 Å². The lowest BCUT2D eigenvalue weighted by Gasteiger charge is -2.10. The topological polar surface area (TPSA) is 150 Å². The molecule has 11 nitrogen and oxygen atoms in total. The molecule has 1 aliphatic carbocycles. The van der Waals surface area contributed by atoms with Crippen molar-refractivity contribution in [2.45, 2.75) is 25.4 Å². The quantitative estimate of drug-likeness (QED) is 0.391. The molecule has 0 spiro atoms. The Morgan fingerprint density at radius 2 is 1.97 bits per heavy atom. The predicted octanol–water partition coefficient (Wildman–Crippen LogP) is 1.07. The van der Waals surface area contributed by atoms with E-state index in [1.807, 2.05) is 0 Å². The number of benzene rings is 1. The minimum atomic E-state index is -1.04. The summed E-state index contributed by atoms with van der Waals surface area (Å²) in [5.74, 6) is -1.82. The monoisotopic (exact) mass is 414 g/mol. The molecule has 0 saturated heterocycles. The molecule has 1 heterocycles. The molecule has 1 fully saturated rings. The van der Waals surface area contributed by atoms with Gasteiger partial charge < -0.3 is 15.4 Å². The molecule has 0 bridgehead atoms. The maximum atomic E-state index is 12.4. The predicted molar refractivity (Wildman–Crippen MR) is 104 cm³/mol. The summed E-state index contributed by atoms with van der Waals surface area (Å²) >= 11 is 0. The van der Waals surface area contributed by atoms with Crippen LogP contribution in [0, 0.1) is 10.1 Å². The van der Waals surface area contributed by atoms with Gasteiger partial charge in [0.1, 0.15) is 6.54 Å². The van der Waals surface area contributed by atoms with E-state index in [1.54, 1.807) is 18.2 Å². The molecule has 2 aromatic rings. The van der Waals surface area contributed by atoms with Crippen LogP contribution in [0.25, 0.3) is 0 Å². The molecule has 1 aromatic carbocycles. The zero-order valence-corrected chi connectivity index (χ0v) is 15.9. The van der Waals surface area contributed by atoms with Gasteiger partial charge in [0.2, 0.25) is 5.91 Å². The lowest BCUT2D eigenvalue weighted by atomic mass is 10.2. The van der Waals surface area contributed by atoms with Gasteiger partial charge in [0.05, 0.1) is 17.6 Å². The Balaban J connectivity index is 1.78. The highest BCUT2D eigenvalue weighted by molar-refractivity contribution is 5.97. The van der Waals surface area contributed by atoms with Crippen molar-refractivity contribution in [1.82, 2.24) is 9.88 Å². The number of esters is 1. The Hall–Kier alpha value is -4.02. The summed E-state index contributed by atoms with van der Waals surface area (Å²) in [5.41, 5.74) is -1.46. The number of ether oxygens (including phenoxy) is 1. The third-order valence-electron chi connectivity index (χ3n) is 4.32. The normalized spacial score (nSPS) is 12.7. The number of nitrogens with zero attached hydrogens (tertiary/aromatic N) is 2. The van der Waals surface area contributed by atoms with Crippen LogP contribution in [-0.4, -0.2) is 40.4 Å². The van der Waals surface area contributed by atoms with Gasteiger partial charge in [0.15, 0.2) is 0 Å². The van der Waals surface area contributed by atoms with Gasteiger partial charge in [-0.2, -0.15) is 0 Å². The van der Waals surface area contributed by atoms with Crippen LogP contribution in [0.3, 0.4) is 0 Å². The van der Waals surface area contributed by atoms with Gasteiger partial charge in [-0.3, -0.25) is 29.1 Å². The average Bonchev–Trinajstić information content (AvgIpc) is 3.52. The molecule has 11 heteroatoms. The van der Waals surface area contributed by atoms with Gasteiger partial charge in [0.25, 0.3) is 5.91 Å². The van der Waals surface area contributed by atoms with Crippen molar-refractivity contribution in [3.05, 3.63) is 68.1 Å². The number of nitrogens with one attached hydrogen (secondary N) is 2. The second-order valence-corrected chi connectivity index (χ2v) is 6.67. The summed E-state index contributed by atoms with van der Waals surface area (Å²) in [6.45, 7) is -0.580. The third-order valence-corrected chi connectivity index (χ3v) is 4.32. The van der Waals surface area contributed by atoms with E-state index in [0.717, 1.165) is 36.8 Å². The number of amides is 2. The Labute approximate surface area is 169 Å². The summed E-state index contributed by atoms with van der Waals surface area (Å²) in [4.78, 5) is 58.6. The molecule has 0 radical (unpaired) electrons. The van der Waals surface area contributed by atoms with Crippen molar-refractivity contribution >= 4 is 29.2 Å². The summed E-state index contributed by atoms with van der Waals surface area (Å²) in [7, 11) is 1.09. The molecular weight excluding hydrogens is 396 g/mol. The van der Waals surface area contributed by atoms with E-state index in [4.69, 9.17) is 0 Å². The van der Waals surface area contributed by atoms with Gasteiger partial charge in [0, 0.05) is 29.6 Å². The van der Waals surface area contributed by atoms with Crippen molar-refractivity contribution < 1.29 is 24.0 Å². The standard InChI is InChI=1S/C19H18N4O7/c1-30-19(27)12-8-15(23(28)29)18(26)22(9-12)10-16(24)20-14-4-2-3-11(7-14)17(25)21-13-5-6-13/h2-4,7-9,13H,5-6,10H2,1H3,(H,20,24)(H,21,25). The number of carbonyl (C=O) groups is 3. The van der Waals surface area contributed by atoms with E-state index < -0.39 is 34.6 Å². The van der Waals surface area contributed by atoms with Crippen molar-refractivity contribution in [2.75, 3.05) is 12.4 Å². The molecule has 156 valence electrons. The second-order valence-electron chi connectivity index (χ2n) is 6.67. The van der Waals surface area contributed by atoms with Gasteiger partial charge in [-0.05, 0) is 31.0 Å². The van der Waals surface area contributed by atoms with E-state index in [2.05, 4.69) is 15.4 Å². The van der Waals surface area contributed by atoms with Crippen molar-refractivity contribution in [1.29, 1.82) is 0 Å². The number of aromatic nitrogens is 1. The number of pyridine rings is 1. The molecule has 3 rings (SSSR count). The highest BCUT2D eigenvalue weighted by Gasteiger charge is 2.24. The Morgan fingerprint density at radius 3 is 2.60 bits per heavy atom. The molecule has 0 atom stereocenters. The van der Waals surface area contributed by atoms with Crippen LogP contribution in [-0.2, 0) is 16.1 Å². The first kappa shape index (κ1) is 20.7. The number of anilines is 1. The first-order chi connectivity index (χ1) is 14.3. The Bertz CT molecular complexity index is 1090. The van der Waals surface area contributed by atoms with Gasteiger partial charge >= 0.3 is 17.2 Å². The van der Waals surface area contributed by atoms with E-state index in [-0.39, 0.29) is 17.5 Å². The summed E-state index contributed by atoms with van der Waals surface area (Å²) in [6, 6.07) is 7.20. The lowest BCUT2D eigenvalue weighted by molar-refractivity contribution is -0.386. The lowest BCUT2D eigenvalue weighted by Crippen LogP contribution is -2.30. The van der Waals surface area contributed by atoms with Crippen LogP contribution in [0.15, 0.2) is 41.3 Å². The fourth-order valence-corrected chi connectivity index (χ4v) is 2.69. The molecule has 1 saturated carbocycles. The van der Waals surface area contributed by atoms with Gasteiger partial charge in [-0.25, -0.2) is 4.79 Å². The zero-order chi connectivity index (χ0) is 21.8. The largest absolute Gasteiger partial charge is 0.465 e. The van der Waals surface area contributed by atoms with Crippen LogP contribution in [0.5, 0.6) is 0 Å². The fraction of sp³-hybridized carbons (Fsp3) is 0.263. The van der Waals surface area contributed by atoms with E-state index in [0.29, 0.717) is 11.3 Å². The fourth-order valence-electron chi connectivity index (χ4n) is 2.69. The SMILES string of the molecule is COC(=O)c1cc([N+](=O)[O-])c(=O)n(CC(=O)Nc2cccc(C(=O)NC3CC3)c2)c1. The first-order valence-corrected chi connectivity index (χ1v) is 8.96. The Kier molecular flexibility index (Phi) is 5.90. The van der Waals surface area contributed by atoms with Crippen molar-refractivity contribution in [3.8, 4) is 0 Å². The molecule has 2 N–H and O–H groups in total. The molecule has 0 aliphatic heterocycles. The number of rotatable bonds is 7. The Morgan fingerprint density at radius 1 is 1.23 bits per heavy atom. The molecule has 0 unspecified atom stereocenters. The maximum absolute atomic E-state index is 12.4. The van der Waals surface area contributed by atoms with Crippen LogP contribution in [0.2, 0.25) is 0 Å². The van der Waals surface area contributed by atoms with E-state index in [9.17, 15) is 29.3 Å². The number of carbonyl (C=O) groups excluding carboxylic acids is 3. The van der Waals surface area contributed by atoms with Crippen LogP contribution >= 0.6 is 0 Å². The highest BCUT2D eigenvalue weighted by Crippen LogP contribution is 2.20. The summed E-state index contributed by atoms with van der Waals surface area (Å²) < 4.78 is 5.27. The van der Waals surface area contributed by atoms with Crippen LogP contribution < -0.4 is 16.2 Å². The summed E-state index contributed by atoms with van der Waals surface area (Å²) in [5, 5.41) is 16.5. The maximum Gasteiger partial charge on any atom is 0.339 e. The minimum absolute atomic E-state index is 0.181. The minimum Gasteiger partial charge on any atom is -0.465 e. The van der Waals surface area contributed by atoms with Crippen molar-refractivity contribution in [2.24, 2.45) is 0 Å². The van der Waals surface area contributed by atoms with Crippen LogP contribution in [0.4, 0.5) is 11.4 Å². The molecule has 2 amide bonds. The first-order valence-electron chi connectivity index (χ1n) is 8.96. The molecule has 1 aliphatic rings. The molecular formula is C19H18N4O7. The van der Waals surface area contributed by atoms with Gasteiger partial charge in [-0.1, -0.05) is 6.07 Å². The molecule has 1 aromatic heterocycles. The number of methoxy groups -OCH3 is 1. The second kappa shape index (κ2) is 8.55. The highest BCUT2D eigenvalue weighted by atomic mass is 16.6. The van der Waals surface area contributed by atoms with Crippen LogP contribution in [0.1, 0.15) is 33.6 Å². The zero-order valence-electron chi connectivity index (χ0n) is 15.9. The third kappa shape index (κ3) is 4.87. The van der Waals surface area contributed by atoms with E-state index >= 15 is 0 Å². The average molecular weight is 414 g/mol. The number of nitro groups is 1. The number of hydrogen-bond acceptors (Lipinski definition) is 7.